The molecular weight excluding hydrogens is 260 g/mol. The van der Waals surface area contributed by atoms with Crippen LogP contribution in [0.1, 0.15) is 34.1 Å². The first-order valence-electron chi connectivity index (χ1n) is 6.42. The van der Waals surface area contributed by atoms with Gasteiger partial charge in [0.15, 0.2) is 0 Å². The van der Waals surface area contributed by atoms with E-state index >= 15 is 0 Å². The second kappa shape index (κ2) is 5.73. The fourth-order valence-electron chi connectivity index (χ4n) is 2.17. The number of benzene rings is 1. The first-order valence-corrected chi connectivity index (χ1v) is 6.42. The van der Waals surface area contributed by atoms with Crippen LogP contribution in [0.3, 0.4) is 0 Å². The van der Waals surface area contributed by atoms with Crippen molar-refractivity contribution >= 4 is 17.8 Å². The zero-order valence-corrected chi connectivity index (χ0v) is 11.1. The van der Waals surface area contributed by atoms with Crippen molar-refractivity contribution in [2.45, 2.75) is 19.4 Å². The van der Waals surface area contributed by atoms with E-state index in [9.17, 15) is 14.4 Å². The van der Waals surface area contributed by atoms with Crippen LogP contribution in [-0.4, -0.2) is 46.9 Å². The summed E-state index contributed by atoms with van der Waals surface area (Å²) in [4.78, 5) is 36.6. The Hall–Kier alpha value is -2.37. The molecule has 1 saturated heterocycles. The fourth-order valence-corrected chi connectivity index (χ4v) is 2.17. The van der Waals surface area contributed by atoms with Crippen molar-refractivity contribution in [3.05, 3.63) is 35.4 Å². The van der Waals surface area contributed by atoms with E-state index in [1.54, 1.807) is 13.0 Å². The van der Waals surface area contributed by atoms with Crippen molar-refractivity contribution in [1.29, 1.82) is 0 Å². The van der Waals surface area contributed by atoms with Gasteiger partial charge in [-0.25, -0.2) is 4.79 Å². The number of hydrogen-bond acceptors (Lipinski definition) is 3. The second-order valence-electron chi connectivity index (χ2n) is 4.71. The summed E-state index contributed by atoms with van der Waals surface area (Å²) in [7, 11) is 0. The number of hydrogen-bond donors (Lipinski definition) is 2. The average Bonchev–Trinajstić information content (AvgIpc) is 2.61. The zero-order chi connectivity index (χ0) is 14.7. The maximum atomic E-state index is 12.4. The molecule has 2 rings (SSSR count). The van der Waals surface area contributed by atoms with Gasteiger partial charge in [0, 0.05) is 18.7 Å². The molecule has 1 fully saturated rings. The molecule has 1 aliphatic rings. The fraction of sp³-hybridized carbons (Fsp3) is 0.357. The summed E-state index contributed by atoms with van der Waals surface area (Å²) in [5.41, 5.74) is 0.342. The summed E-state index contributed by atoms with van der Waals surface area (Å²) >= 11 is 0. The van der Waals surface area contributed by atoms with Crippen LogP contribution in [0.4, 0.5) is 0 Å². The van der Waals surface area contributed by atoms with Crippen LogP contribution >= 0.6 is 0 Å². The molecule has 20 heavy (non-hydrogen) atoms. The van der Waals surface area contributed by atoms with E-state index in [4.69, 9.17) is 5.11 Å². The van der Waals surface area contributed by atoms with E-state index < -0.39 is 12.0 Å². The van der Waals surface area contributed by atoms with Crippen molar-refractivity contribution in [2.24, 2.45) is 0 Å². The highest BCUT2D eigenvalue weighted by Gasteiger charge is 2.28. The molecule has 0 bridgehead atoms. The monoisotopic (exact) mass is 276 g/mol. The van der Waals surface area contributed by atoms with Crippen LogP contribution < -0.4 is 5.32 Å². The Morgan fingerprint density at radius 3 is 2.75 bits per heavy atom. The minimum Gasteiger partial charge on any atom is -0.478 e. The predicted octanol–water partition coefficient (Wildman–Crippen LogP) is 0.735. The standard InChI is InChI=1S/C14H16N2O4/c1-9-12(17)15-6-3-7-16(9)13(18)10-4-2-5-11(8-10)14(19)20/h2,4-5,8-9H,3,6-7H2,1H3,(H,15,17)(H,19,20). The molecule has 0 spiro atoms. The van der Waals surface area contributed by atoms with Crippen LogP contribution in [-0.2, 0) is 4.79 Å². The third kappa shape index (κ3) is 2.79. The Kier molecular flexibility index (Phi) is 4.02. The number of rotatable bonds is 2. The largest absolute Gasteiger partial charge is 0.478 e. The Morgan fingerprint density at radius 2 is 2.05 bits per heavy atom. The summed E-state index contributed by atoms with van der Waals surface area (Å²) in [6, 6.07) is 5.29. The van der Waals surface area contributed by atoms with Gasteiger partial charge in [-0.05, 0) is 31.5 Å². The molecular formula is C14H16N2O4. The molecule has 6 nitrogen and oxygen atoms in total. The molecule has 0 radical (unpaired) electrons. The molecule has 106 valence electrons. The normalized spacial score (nSPS) is 19.1. The number of amides is 2. The highest BCUT2D eigenvalue weighted by Crippen LogP contribution is 2.13. The summed E-state index contributed by atoms with van der Waals surface area (Å²) in [5, 5.41) is 11.7. The van der Waals surface area contributed by atoms with Gasteiger partial charge >= 0.3 is 5.97 Å². The van der Waals surface area contributed by atoms with Crippen LogP contribution in [0.2, 0.25) is 0 Å². The lowest BCUT2D eigenvalue weighted by molar-refractivity contribution is -0.124. The molecule has 0 aromatic heterocycles. The van der Waals surface area contributed by atoms with Gasteiger partial charge in [-0.15, -0.1) is 0 Å². The van der Waals surface area contributed by atoms with E-state index in [0.29, 0.717) is 19.5 Å². The van der Waals surface area contributed by atoms with Crippen LogP contribution in [0, 0.1) is 0 Å². The maximum absolute atomic E-state index is 12.4. The first-order chi connectivity index (χ1) is 9.50. The lowest BCUT2D eigenvalue weighted by atomic mass is 10.1. The second-order valence-corrected chi connectivity index (χ2v) is 4.71. The van der Waals surface area contributed by atoms with Gasteiger partial charge in [-0.1, -0.05) is 6.07 Å². The van der Waals surface area contributed by atoms with Crippen LogP contribution in [0.25, 0.3) is 0 Å². The lowest BCUT2D eigenvalue weighted by Gasteiger charge is -2.25. The van der Waals surface area contributed by atoms with Gasteiger partial charge in [0.25, 0.3) is 5.91 Å². The van der Waals surface area contributed by atoms with Crippen molar-refractivity contribution in [1.82, 2.24) is 10.2 Å². The number of carbonyl (C=O) groups is 3. The smallest absolute Gasteiger partial charge is 0.335 e. The Balaban J connectivity index is 2.27. The van der Waals surface area contributed by atoms with Gasteiger partial charge in [0.1, 0.15) is 6.04 Å². The molecule has 6 heteroatoms. The third-order valence-electron chi connectivity index (χ3n) is 3.34. The number of carboxylic acid groups (broad SMARTS) is 1. The molecule has 1 atom stereocenters. The minimum atomic E-state index is -1.08. The van der Waals surface area contributed by atoms with E-state index in [-0.39, 0.29) is 22.9 Å². The highest BCUT2D eigenvalue weighted by molar-refractivity contribution is 5.99. The van der Waals surface area contributed by atoms with E-state index in [1.165, 1.54) is 23.1 Å². The summed E-state index contributed by atoms with van der Waals surface area (Å²) < 4.78 is 0. The number of aromatic carboxylic acids is 1. The van der Waals surface area contributed by atoms with Crippen molar-refractivity contribution in [2.75, 3.05) is 13.1 Å². The Bertz CT molecular complexity index is 556. The molecule has 2 amide bonds. The summed E-state index contributed by atoms with van der Waals surface area (Å²) in [6.45, 7) is 2.68. The van der Waals surface area contributed by atoms with Crippen molar-refractivity contribution in [3.63, 3.8) is 0 Å². The molecule has 1 aromatic rings. The molecule has 0 saturated carbocycles. The molecule has 1 aliphatic heterocycles. The maximum Gasteiger partial charge on any atom is 0.335 e. The van der Waals surface area contributed by atoms with Crippen molar-refractivity contribution < 1.29 is 19.5 Å². The average molecular weight is 276 g/mol. The van der Waals surface area contributed by atoms with Gasteiger partial charge in [0.2, 0.25) is 5.91 Å². The quantitative estimate of drug-likeness (QED) is 0.834. The Labute approximate surface area is 116 Å². The van der Waals surface area contributed by atoms with Gasteiger partial charge < -0.3 is 15.3 Å². The van der Waals surface area contributed by atoms with Gasteiger partial charge in [-0.2, -0.15) is 0 Å². The lowest BCUT2D eigenvalue weighted by Crippen LogP contribution is -2.45. The zero-order valence-electron chi connectivity index (χ0n) is 11.1. The van der Waals surface area contributed by atoms with E-state index in [2.05, 4.69) is 5.32 Å². The van der Waals surface area contributed by atoms with Crippen LogP contribution in [0.5, 0.6) is 0 Å². The number of nitrogens with zero attached hydrogens (tertiary/aromatic N) is 1. The van der Waals surface area contributed by atoms with E-state index in [1.807, 2.05) is 0 Å². The summed E-state index contributed by atoms with van der Waals surface area (Å²) in [6.07, 6.45) is 0.681. The van der Waals surface area contributed by atoms with Gasteiger partial charge in [0.05, 0.1) is 5.56 Å². The predicted molar refractivity (Wildman–Crippen MR) is 71.5 cm³/mol. The first kappa shape index (κ1) is 14.0. The minimum absolute atomic E-state index is 0.0581. The number of nitrogens with one attached hydrogen (secondary N) is 1. The molecule has 1 unspecified atom stereocenters. The molecule has 1 aromatic carbocycles. The topological polar surface area (TPSA) is 86.7 Å². The van der Waals surface area contributed by atoms with Crippen molar-refractivity contribution in [3.8, 4) is 0 Å². The molecule has 1 heterocycles. The molecule has 0 aliphatic carbocycles. The Morgan fingerprint density at radius 1 is 1.35 bits per heavy atom. The van der Waals surface area contributed by atoms with E-state index in [0.717, 1.165) is 0 Å². The number of carbonyl (C=O) groups excluding carboxylic acids is 2. The number of carboxylic acids is 1. The summed E-state index contributed by atoms with van der Waals surface area (Å²) in [5.74, 6) is -1.59. The third-order valence-corrected chi connectivity index (χ3v) is 3.34. The molecule has 2 N–H and O–H groups in total. The SMILES string of the molecule is CC1C(=O)NCCCN1C(=O)c1cccc(C(=O)O)c1. The van der Waals surface area contributed by atoms with Crippen LogP contribution in [0.15, 0.2) is 24.3 Å². The highest BCUT2D eigenvalue weighted by atomic mass is 16.4. The van der Waals surface area contributed by atoms with Gasteiger partial charge in [-0.3, -0.25) is 9.59 Å².